The molecule has 2 unspecified atom stereocenters. The number of carbonyl (C=O) groups is 3. The Kier molecular flexibility index (Phi) is 4.83. The standard InChI is InChI=1S/C17H16FNO4S2/c1-8-9(6-15(21)22)10-5-13(20)11(18)7-12(10)19(8)17(23)14-3-4-16(24-2)25-14/h3-5,11-12H,6-7H2,1-2H3,(H,21,22). The summed E-state index contributed by atoms with van der Waals surface area (Å²) in [5.41, 5.74) is 1.35. The van der Waals surface area contributed by atoms with Crippen LogP contribution in [-0.4, -0.2) is 46.1 Å². The molecule has 0 radical (unpaired) electrons. The highest BCUT2D eigenvalue weighted by atomic mass is 32.2. The van der Waals surface area contributed by atoms with Crippen LogP contribution in [0.2, 0.25) is 0 Å². The number of amides is 1. The first-order valence-corrected chi connectivity index (χ1v) is 9.66. The molecular weight excluding hydrogens is 365 g/mol. The van der Waals surface area contributed by atoms with E-state index in [9.17, 15) is 18.8 Å². The number of thioether (sulfide) groups is 1. The van der Waals surface area contributed by atoms with Gasteiger partial charge in [-0.25, -0.2) is 4.39 Å². The molecule has 2 aliphatic rings. The Hall–Kier alpha value is -1.93. The second-order valence-corrected chi connectivity index (χ2v) is 8.04. The topological polar surface area (TPSA) is 74.7 Å². The van der Waals surface area contributed by atoms with Crippen LogP contribution in [0.25, 0.3) is 0 Å². The number of nitrogens with zero attached hydrogens (tertiary/aromatic N) is 1. The number of alkyl halides is 1. The fourth-order valence-corrected chi connectivity index (χ4v) is 4.72. The first-order chi connectivity index (χ1) is 11.8. The molecule has 1 aliphatic heterocycles. The number of carboxylic acid groups (broad SMARTS) is 1. The van der Waals surface area contributed by atoms with Gasteiger partial charge in [-0.3, -0.25) is 14.4 Å². The van der Waals surface area contributed by atoms with Crippen molar-refractivity contribution in [1.29, 1.82) is 0 Å². The Morgan fingerprint density at radius 3 is 2.76 bits per heavy atom. The van der Waals surface area contributed by atoms with Crippen LogP contribution in [-0.2, 0) is 9.59 Å². The zero-order valence-electron chi connectivity index (χ0n) is 13.6. The van der Waals surface area contributed by atoms with E-state index in [-0.39, 0.29) is 18.7 Å². The first kappa shape index (κ1) is 17.9. The highest BCUT2D eigenvalue weighted by Crippen LogP contribution is 2.42. The summed E-state index contributed by atoms with van der Waals surface area (Å²) in [6.07, 6.45) is 0.953. The summed E-state index contributed by atoms with van der Waals surface area (Å²) >= 11 is 2.86. The maximum absolute atomic E-state index is 14.0. The smallest absolute Gasteiger partial charge is 0.307 e. The predicted molar refractivity (Wildman–Crippen MR) is 93.6 cm³/mol. The van der Waals surface area contributed by atoms with Gasteiger partial charge in [-0.1, -0.05) is 0 Å². The molecule has 1 amide bonds. The number of carbonyl (C=O) groups excluding carboxylic acids is 2. The summed E-state index contributed by atoms with van der Waals surface area (Å²) in [5.74, 6) is -2.02. The molecule has 2 atom stereocenters. The average Bonchev–Trinajstić information content (AvgIpc) is 3.12. The first-order valence-electron chi connectivity index (χ1n) is 7.62. The second kappa shape index (κ2) is 6.76. The maximum Gasteiger partial charge on any atom is 0.307 e. The Labute approximate surface area is 152 Å². The highest BCUT2D eigenvalue weighted by molar-refractivity contribution is 8.00. The summed E-state index contributed by atoms with van der Waals surface area (Å²) in [4.78, 5) is 37.8. The molecule has 1 aliphatic carbocycles. The van der Waals surface area contributed by atoms with Gasteiger partial charge in [0.15, 0.2) is 12.0 Å². The van der Waals surface area contributed by atoms with Crippen LogP contribution in [0.3, 0.4) is 0 Å². The lowest BCUT2D eigenvalue weighted by molar-refractivity contribution is -0.136. The highest BCUT2D eigenvalue weighted by Gasteiger charge is 2.44. The van der Waals surface area contributed by atoms with Gasteiger partial charge in [0, 0.05) is 12.1 Å². The molecule has 0 saturated carbocycles. The minimum Gasteiger partial charge on any atom is -0.481 e. The van der Waals surface area contributed by atoms with E-state index in [1.807, 2.05) is 12.3 Å². The van der Waals surface area contributed by atoms with Gasteiger partial charge in [0.1, 0.15) is 0 Å². The second-order valence-electron chi connectivity index (χ2n) is 5.85. The Morgan fingerprint density at radius 1 is 1.44 bits per heavy atom. The van der Waals surface area contributed by atoms with Crippen molar-refractivity contribution in [2.75, 3.05) is 6.26 Å². The summed E-state index contributed by atoms with van der Waals surface area (Å²) in [7, 11) is 0. The third-order valence-electron chi connectivity index (χ3n) is 4.39. The third kappa shape index (κ3) is 3.16. The number of fused-ring (bicyclic) bond motifs is 1. The number of ketones is 1. The van der Waals surface area contributed by atoms with E-state index >= 15 is 0 Å². The van der Waals surface area contributed by atoms with E-state index < -0.39 is 24.0 Å². The number of carboxylic acids is 1. The molecule has 25 heavy (non-hydrogen) atoms. The maximum atomic E-state index is 14.0. The fourth-order valence-electron chi connectivity index (χ4n) is 3.24. The van der Waals surface area contributed by atoms with Gasteiger partial charge < -0.3 is 10.0 Å². The van der Waals surface area contributed by atoms with Gasteiger partial charge in [-0.2, -0.15) is 0 Å². The number of halogens is 1. The van der Waals surface area contributed by atoms with E-state index in [1.165, 1.54) is 28.0 Å². The molecule has 5 nitrogen and oxygen atoms in total. The van der Waals surface area contributed by atoms with Crippen LogP contribution in [0, 0.1) is 0 Å². The van der Waals surface area contributed by atoms with Crippen molar-refractivity contribution in [3.8, 4) is 0 Å². The normalized spacial score (nSPS) is 22.9. The van der Waals surface area contributed by atoms with Crippen LogP contribution in [0.5, 0.6) is 0 Å². The lowest BCUT2D eigenvalue weighted by Crippen LogP contribution is -2.40. The molecule has 8 heteroatoms. The molecule has 1 aromatic heterocycles. The number of allylic oxidation sites excluding steroid dienone is 2. The summed E-state index contributed by atoms with van der Waals surface area (Å²) < 4.78 is 14.9. The van der Waals surface area contributed by atoms with Gasteiger partial charge in [-0.15, -0.1) is 23.1 Å². The van der Waals surface area contributed by atoms with Gasteiger partial charge in [0.05, 0.1) is 21.5 Å². The van der Waals surface area contributed by atoms with Crippen molar-refractivity contribution >= 4 is 40.8 Å². The largest absolute Gasteiger partial charge is 0.481 e. The molecule has 3 rings (SSSR count). The Morgan fingerprint density at radius 2 is 2.16 bits per heavy atom. The minimum atomic E-state index is -1.67. The molecule has 1 aromatic rings. The number of thiophene rings is 1. The van der Waals surface area contributed by atoms with Crippen molar-refractivity contribution in [2.45, 2.75) is 36.2 Å². The van der Waals surface area contributed by atoms with Crippen molar-refractivity contribution in [2.24, 2.45) is 0 Å². The van der Waals surface area contributed by atoms with Gasteiger partial charge in [-0.05, 0) is 42.5 Å². The van der Waals surface area contributed by atoms with E-state index in [4.69, 9.17) is 5.11 Å². The van der Waals surface area contributed by atoms with Crippen LogP contribution in [0.1, 0.15) is 29.4 Å². The number of hydrogen-bond donors (Lipinski definition) is 1. The van der Waals surface area contributed by atoms with Crippen LogP contribution >= 0.6 is 23.1 Å². The quantitative estimate of drug-likeness (QED) is 0.810. The average molecular weight is 381 g/mol. The molecular formula is C17H16FNO4S2. The van der Waals surface area contributed by atoms with E-state index in [0.29, 0.717) is 21.7 Å². The third-order valence-corrected chi connectivity index (χ3v) is 6.55. The number of hydrogen-bond acceptors (Lipinski definition) is 5. The van der Waals surface area contributed by atoms with Crippen molar-refractivity contribution < 1.29 is 23.9 Å². The lowest BCUT2D eigenvalue weighted by atomic mass is 9.88. The Balaban J connectivity index is 2.03. The van der Waals surface area contributed by atoms with E-state index in [2.05, 4.69) is 0 Å². The lowest BCUT2D eigenvalue weighted by Gasteiger charge is -2.29. The van der Waals surface area contributed by atoms with E-state index in [1.54, 1.807) is 13.0 Å². The molecule has 1 N–H and O–H groups in total. The van der Waals surface area contributed by atoms with Crippen molar-refractivity contribution in [1.82, 2.24) is 4.90 Å². The molecule has 0 aromatic carbocycles. The number of aliphatic carboxylic acids is 1. The molecule has 0 fully saturated rings. The molecule has 0 saturated heterocycles. The summed E-state index contributed by atoms with van der Waals surface area (Å²) in [6, 6.07) is 2.93. The van der Waals surface area contributed by atoms with Crippen LogP contribution < -0.4 is 0 Å². The summed E-state index contributed by atoms with van der Waals surface area (Å²) in [6.45, 7) is 1.65. The van der Waals surface area contributed by atoms with E-state index in [0.717, 1.165) is 10.3 Å². The fraction of sp³-hybridized carbons (Fsp3) is 0.353. The SMILES string of the molecule is CSc1ccc(C(=O)N2C(C)=C(CC(=O)O)C3=CC(=O)C(F)CC32)s1. The van der Waals surface area contributed by atoms with Crippen molar-refractivity contribution in [3.05, 3.63) is 39.9 Å². The zero-order chi connectivity index (χ0) is 18.3. The van der Waals surface area contributed by atoms with Crippen LogP contribution in [0.15, 0.2) is 39.3 Å². The predicted octanol–water partition coefficient (Wildman–Crippen LogP) is 3.28. The molecule has 0 spiro atoms. The molecule has 132 valence electrons. The number of rotatable bonds is 4. The zero-order valence-corrected chi connectivity index (χ0v) is 15.2. The Bertz CT molecular complexity index is 826. The molecule has 0 bridgehead atoms. The summed E-state index contributed by atoms with van der Waals surface area (Å²) in [5, 5.41) is 9.15. The van der Waals surface area contributed by atoms with Gasteiger partial charge >= 0.3 is 5.97 Å². The van der Waals surface area contributed by atoms with Crippen LogP contribution in [0.4, 0.5) is 4.39 Å². The molecule has 2 heterocycles. The van der Waals surface area contributed by atoms with Crippen molar-refractivity contribution in [3.63, 3.8) is 0 Å². The van der Waals surface area contributed by atoms with Gasteiger partial charge in [0.2, 0.25) is 0 Å². The monoisotopic (exact) mass is 381 g/mol. The van der Waals surface area contributed by atoms with Gasteiger partial charge in [0.25, 0.3) is 5.91 Å². The minimum absolute atomic E-state index is 0.141.